The second kappa shape index (κ2) is 8.71. The number of methoxy groups -OCH3 is 2. The van der Waals surface area contributed by atoms with Crippen molar-refractivity contribution in [1.82, 2.24) is 0 Å². The molecule has 0 aliphatic heterocycles. The van der Waals surface area contributed by atoms with E-state index in [4.69, 9.17) is 20.2 Å². The van der Waals surface area contributed by atoms with E-state index < -0.39 is 0 Å². The number of ether oxygens (including phenoxy) is 2. The predicted molar refractivity (Wildman–Crippen MR) is 110 cm³/mol. The minimum Gasteiger partial charge on any atom is -0.497 e. The Morgan fingerprint density at radius 3 is 2.22 bits per heavy atom. The van der Waals surface area contributed by atoms with Crippen LogP contribution in [0.5, 0.6) is 11.5 Å². The number of hydrogen-bond acceptors (Lipinski definition) is 5. The zero-order chi connectivity index (χ0) is 19.1. The Balaban J connectivity index is 1.77. The Labute approximate surface area is 158 Å². The highest BCUT2D eigenvalue weighted by Crippen LogP contribution is 2.21. The van der Waals surface area contributed by atoms with Gasteiger partial charge in [0.1, 0.15) is 11.5 Å². The molecule has 27 heavy (non-hydrogen) atoms. The number of hydrazone groups is 1. The largest absolute Gasteiger partial charge is 0.497 e. The topological polar surface area (TPSA) is 81.2 Å². The number of nitrogens with two attached hydrogens (primary N) is 1. The quantitative estimate of drug-likeness (QED) is 0.461. The van der Waals surface area contributed by atoms with Crippen LogP contribution in [-0.4, -0.2) is 25.8 Å². The first-order valence-electron chi connectivity index (χ1n) is 8.52. The second-order valence-electron chi connectivity index (χ2n) is 5.81. The monoisotopic (exact) mass is 362 g/mol. The smallest absolute Gasteiger partial charge is 0.152 e. The molecule has 3 N–H and O–H groups in total. The van der Waals surface area contributed by atoms with Crippen molar-refractivity contribution in [1.29, 1.82) is 0 Å². The van der Waals surface area contributed by atoms with Crippen LogP contribution >= 0.6 is 0 Å². The van der Waals surface area contributed by atoms with Crippen LogP contribution in [0.15, 0.2) is 82.4 Å². The molecule has 0 aromatic heterocycles. The lowest BCUT2D eigenvalue weighted by Crippen LogP contribution is -2.23. The number of nitrogens with one attached hydrogen (secondary N) is 1. The molecule has 1 aliphatic carbocycles. The Kier molecular flexibility index (Phi) is 5.89. The summed E-state index contributed by atoms with van der Waals surface area (Å²) in [7, 11) is 3.27. The minimum absolute atomic E-state index is 0.377. The first-order valence-corrected chi connectivity index (χ1v) is 8.52. The van der Waals surface area contributed by atoms with Crippen molar-refractivity contribution < 1.29 is 9.47 Å². The lowest BCUT2D eigenvalue weighted by molar-refractivity contribution is 0.415. The lowest BCUT2D eigenvalue weighted by Gasteiger charge is -2.13. The third kappa shape index (κ3) is 4.76. The molecule has 1 aliphatic rings. The average molecular weight is 362 g/mol. The van der Waals surface area contributed by atoms with Gasteiger partial charge in [-0.25, -0.2) is 0 Å². The summed E-state index contributed by atoms with van der Waals surface area (Å²) >= 11 is 0. The molecule has 0 heterocycles. The molecule has 0 atom stereocenters. The van der Waals surface area contributed by atoms with E-state index in [1.165, 1.54) is 0 Å². The summed E-state index contributed by atoms with van der Waals surface area (Å²) in [6.07, 6.45) is 6.60. The third-order valence-corrected chi connectivity index (χ3v) is 4.03. The molecule has 0 unspecified atom stereocenters. The fourth-order valence-electron chi connectivity index (χ4n) is 2.55. The van der Waals surface area contributed by atoms with Crippen LogP contribution in [0.4, 0.5) is 11.4 Å². The number of benzene rings is 2. The van der Waals surface area contributed by atoms with E-state index in [0.29, 0.717) is 12.3 Å². The first kappa shape index (κ1) is 18.3. The normalized spacial score (nSPS) is 15.4. The van der Waals surface area contributed by atoms with E-state index in [9.17, 15) is 0 Å². The van der Waals surface area contributed by atoms with Crippen LogP contribution in [0, 0.1) is 0 Å². The maximum absolute atomic E-state index is 6.20. The summed E-state index contributed by atoms with van der Waals surface area (Å²) in [6, 6.07) is 15.0. The average Bonchev–Trinajstić information content (AvgIpc) is 2.73. The van der Waals surface area contributed by atoms with Crippen molar-refractivity contribution in [3.05, 3.63) is 72.3 Å². The zero-order valence-corrected chi connectivity index (χ0v) is 15.3. The molecular weight excluding hydrogens is 340 g/mol. The maximum Gasteiger partial charge on any atom is 0.152 e. The summed E-state index contributed by atoms with van der Waals surface area (Å²) in [4.78, 5) is 4.71. The molecule has 0 fully saturated rings. The number of amidine groups is 1. The van der Waals surface area contributed by atoms with E-state index in [2.05, 4.69) is 10.5 Å². The highest BCUT2D eigenvalue weighted by Gasteiger charge is 2.13. The minimum atomic E-state index is 0.377. The molecular formula is C21H22N4O2. The van der Waals surface area contributed by atoms with Crippen molar-refractivity contribution in [3.63, 3.8) is 0 Å². The molecule has 2 aromatic carbocycles. The van der Waals surface area contributed by atoms with Crippen LogP contribution < -0.4 is 20.6 Å². The molecule has 6 heteroatoms. The number of aliphatic imine (C=N–C) groups is 1. The van der Waals surface area contributed by atoms with Crippen LogP contribution in [-0.2, 0) is 0 Å². The molecule has 0 radical (unpaired) electrons. The lowest BCUT2D eigenvalue weighted by atomic mass is 10.0. The Hall–Kier alpha value is -3.54. The molecule has 6 nitrogen and oxygen atoms in total. The van der Waals surface area contributed by atoms with E-state index in [1.807, 2.05) is 66.8 Å². The van der Waals surface area contributed by atoms with Crippen molar-refractivity contribution in [2.24, 2.45) is 15.8 Å². The van der Waals surface area contributed by atoms with Gasteiger partial charge in [0, 0.05) is 12.0 Å². The number of anilines is 1. The van der Waals surface area contributed by atoms with Gasteiger partial charge < -0.3 is 15.2 Å². The van der Waals surface area contributed by atoms with E-state index in [-0.39, 0.29) is 0 Å². The summed E-state index contributed by atoms with van der Waals surface area (Å²) < 4.78 is 10.3. The van der Waals surface area contributed by atoms with Gasteiger partial charge in [-0.2, -0.15) is 5.10 Å². The van der Waals surface area contributed by atoms with E-state index in [0.717, 1.165) is 34.2 Å². The van der Waals surface area contributed by atoms with Crippen LogP contribution in [0.1, 0.15) is 6.42 Å². The van der Waals surface area contributed by atoms with Gasteiger partial charge in [0.05, 0.1) is 31.3 Å². The van der Waals surface area contributed by atoms with Crippen molar-refractivity contribution in [2.75, 3.05) is 19.6 Å². The first-order chi connectivity index (χ1) is 13.2. The van der Waals surface area contributed by atoms with Crippen molar-refractivity contribution >= 4 is 22.9 Å². The fraction of sp³-hybridized carbons (Fsp3) is 0.143. The summed E-state index contributed by atoms with van der Waals surface area (Å²) in [5, 5.41) is 4.29. The number of rotatable bonds is 6. The highest BCUT2D eigenvalue weighted by atomic mass is 16.5. The second-order valence-corrected chi connectivity index (χ2v) is 5.81. The van der Waals surface area contributed by atoms with Gasteiger partial charge in [-0.15, -0.1) is 0 Å². The van der Waals surface area contributed by atoms with E-state index >= 15 is 0 Å². The number of nitrogens with zero attached hydrogens (tertiary/aromatic N) is 2. The standard InChI is InChI=1S/C21H22N4O2/c1-26-17-11-7-15(8-12-17)23-20-6-4-3-5-19(20)21(22)25-24-16-9-13-18(27-2)14-10-16/h3-5,7-14,24H,6H2,1-2H3,(H2,22,25). The maximum atomic E-state index is 6.20. The molecule has 138 valence electrons. The van der Waals surface area contributed by atoms with Gasteiger partial charge in [-0.05, 0) is 54.6 Å². The molecule has 0 bridgehead atoms. The fourth-order valence-corrected chi connectivity index (χ4v) is 2.55. The van der Waals surface area contributed by atoms with E-state index in [1.54, 1.807) is 14.2 Å². The summed E-state index contributed by atoms with van der Waals surface area (Å²) in [5.74, 6) is 1.96. The van der Waals surface area contributed by atoms with Crippen LogP contribution in [0.2, 0.25) is 0 Å². The Bertz CT molecular complexity index is 895. The number of hydrogen-bond donors (Lipinski definition) is 2. The molecule has 0 spiro atoms. The Morgan fingerprint density at radius 2 is 1.59 bits per heavy atom. The summed E-state index contributed by atoms with van der Waals surface area (Å²) in [6.45, 7) is 0. The van der Waals surface area contributed by atoms with Gasteiger partial charge in [0.15, 0.2) is 5.84 Å². The summed E-state index contributed by atoms with van der Waals surface area (Å²) in [5.41, 5.74) is 12.5. The highest BCUT2D eigenvalue weighted by molar-refractivity contribution is 6.24. The molecule has 0 saturated heterocycles. The van der Waals surface area contributed by atoms with Crippen LogP contribution in [0.3, 0.4) is 0 Å². The third-order valence-electron chi connectivity index (χ3n) is 4.03. The van der Waals surface area contributed by atoms with Gasteiger partial charge >= 0.3 is 0 Å². The molecule has 3 rings (SSSR count). The van der Waals surface area contributed by atoms with Crippen LogP contribution in [0.25, 0.3) is 0 Å². The van der Waals surface area contributed by atoms with Gasteiger partial charge in [-0.3, -0.25) is 10.4 Å². The molecule has 2 aromatic rings. The Morgan fingerprint density at radius 1 is 0.963 bits per heavy atom. The SMILES string of the molecule is COc1ccc(N=C2CC=CC=C2C(N)=NNc2ccc(OC)cc2)cc1. The van der Waals surface area contributed by atoms with Gasteiger partial charge in [-0.1, -0.05) is 12.2 Å². The molecule has 0 amide bonds. The van der Waals surface area contributed by atoms with Gasteiger partial charge in [0.25, 0.3) is 0 Å². The van der Waals surface area contributed by atoms with Gasteiger partial charge in [0.2, 0.25) is 0 Å². The zero-order valence-electron chi connectivity index (χ0n) is 15.3. The molecule has 0 saturated carbocycles. The van der Waals surface area contributed by atoms with Crippen molar-refractivity contribution in [2.45, 2.75) is 6.42 Å². The number of allylic oxidation sites excluding steroid dienone is 3. The van der Waals surface area contributed by atoms with Crippen molar-refractivity contribution in [3.8, 4) is 11.5 Å². The predicted octanol–water partition coefficient (Wildman–Crippen LogP) is 4.05.